The number of aromatic nitrogens is 1. The summed E-state index contributed by atoms with van der Waals surface area (Å²) in [7, 11) is 1.88. The van der Waals surface area contributed by atoms with Crippen molar-refractivity contribution in [1.82, 2.24) is 15.4 Å². The zero-order valence-corrected chi connectivity index (χ0v) is 17.0. The van der Waals surface area contributed by atoms with E-state index in [-0.39, 0.29) is 24.0 Å². The van der Waals surface area contributed by atoms with Gasteiger partial charge in [-0.05, 0) is 38.5 Å². The number of hydrogen-bond acceptors (Lipinski definition) is 3. The number of nitrogens with one attached hydrogen (secondary N) is 1. The molecule has 1 aliphatic carbocycles. The Kier molecular flexibility index (Phi) is 5.97. The molecule has 3 rings (SSSR count). The molecule has 1 unspecified atom stereocenters. The summed E-state index contributed by atoms with van der Waals surface area (Å²) in [5.74, 6) is 2.34. The normalized spacial score (nSPS) is 21.0. The highest BCUT2D eigenvalue weighted by Crippen LogP contribution is 2.47. The Morgan fingerprint density at radius 2 is 2.13 bits per heavy atom. The highest BCUT2D eigenvalue weighted by molar-refractivity contribution is 14.0. The lowest BCUT2D eigenvalue weighted by atomic mass is 9.68. The van der Waals surface area contributed by atoms with Gasteiger partial charge < -0.3 is 14.7 Å². The molecule has 1 aliphatic heterocycles. The maximum Gasteiger partial charge on any atom is 0.193 e. The zero-order valence-electron chi connectivity index (χ0n) is 14.7. The van der Waals surface area contributed by atoms with Gasteiger partial charge in [0.2, 0.25) is 0 Å². The number of halogens is 1. The van der Waals surface area contributed by atoms with Crippen molar-refractivity contribution in [3.8, 4) is 0 Å². The molecule has 1 saturated carbocycles. The summed E-state index contributed by atoms with van der Waals surface area (Å²) in [6.07, 6.45) is 5.53. The van der Waals surface area contributed by atoms with Crippen LogP contribution < -0.4 is 5.32 Å². The Balaban J connectivity index is 0.00000192. The molecule has 1 spiro atoms. The van der Waals surface area contributed by atoms with E-state index in [1.807, 2.05) is 20.9 Å². The Morgan fingerprint density at radius 3 is 2.61 bits per heavy atom. The fourth-order valence-electron chi connectivity index (χ4n) is 4.07. The van der Waals surface area contributed by atoms with E-state index in [1.54, 1.807) is 0 Å². The van der Waals surface area contributed by atoms with Crippen molar-refractivity contribution in [1.29, 1.82) is 0 Å². The smallest absolute Gasteiger partial charge is 0.193 e. The van der Waals surface area contributed by atoms with Crippen molar-refractivity contribution in [2.75, 3.05) is 26.7 Å². The molecule has 1 aromatic rings. The molecule has 0 aromatic carbocycles. The van der Waals surface area contributed by atoms with E-state index in [4.69, 9.17) is 4.52 Å². The van der Waals surface area contributed by atoms with Gasteiger partial charge in [0.05, 0.1) is 5.69 Å². The number of guanidine groups is 1. The number of aryl methyl sites for hydroxylation is 2. The van der Waals surface area contributed by atoms with E-state index in [1.165, 1.54) is 37.8 Å². The predicted octanol–water partition coefficient (Wildman–Crippen LogP) is 3.46. The van der Waals surface area contributed by atoms with Gasteiger partial charge in [0.15, 0.2) is 5.96 Å². The van der Waals surface area contributed by atoms with Crippen LogP contribution in [0.5, 0.6) is 0 Å². The van der Waals surface area contributed by atoms with Crippen LogP contribution in [0.1, 0.15) is 55.5 Å². The monoisotopic (exact) mass is 432 g/mol. The quantitative estimate of drug-likeness (QED) is 0.452. The van der Waals surface area contributed by atoms with Gasteiger partial charge in [0.1, 0.15) is 5.76 Å². The van der Waals surface area contributed by atoms with E-state index in [2.05, 4.69) is 27.3 Å². The van der Waals surface area contributed by atoms with Crippen LogP contribution in [-0.2, 0) is 0 Å². The molecule has 1 N–H and O–H groups in total. The molecule has 0 amide bonds. The van der Waals surface area contributed by atoms with Gasteiger partial charge in [-0.3, -0.25) is 4.99 Å². The van der Waals surface area contributed by atoms with Crippen molar-refractivity contribution >= 4 is 29.9 Å². The first kappa shape index (κ1) is 18.5. The molecule has 23 heavy (non-hydrogen) atoms. The van der Waals surface area contributed by atoms with Crippen LogP contribution in [-0.4, -0.2) is 42.7 Å². The minimum atomic E-state index is 0. The van der Waals surface area contributed by atoms with E-state index < -0.39 is 0 Å². The molecular weight excluding hydrogens is 403 g/mol. The molecule has 1 aromatic heterocycles. The van der Waals surface area contributed by atoms with Crippen LogP contribution >= 0.6 is 24.0 Å². The average Bonchev–Trinajstić information content (AvgIpc) is 3.04. The number of hydrogen-bond donors (Lipinski definition) is 1. The predicted molar refractivity (Wildman–Crippen MR) is 104 cm³/mol. The third-order valence-electron chi connectivity index (χ3n) is 5.51. The van der Waals surface area contributed by atoms with Crippen LogP contribution in [0, 0.1) is 19.3 Å². The van der Waals surface area contributed by atoms with E-state index >= 15 is 0 Å². The summed E-state index contributed by atoms with van der Waals surface area (Å²) in [5.41, 5.74) is 2.82. The molecule has 1 atom stereocenters. The molecule has 2 fully saturated rings. The van der Waals surface area contributed by atoms with Crippen molar-refractivity contribution in [3.63, 3.8) is 0 Å². The van der Waals surface area contributed by atoms with Gasteiger partial charge in [-0.15, -0.1) is 24.0 Å². The van der Waals surface area contributed by atoms with Crippen LogP contribution in [0.4, 0.5) is 0 Å². The average molecular weight is 432 g/mol. The Bertz CT molecular complexity index is 545. The number of likely N-dealkylation sites (tertiary alicyclic amines) is 1. The first-order chi connectivity index (χ1) is 10.5. The summed E-state index contributed by atoms with van der Waals surface area (Å²) in [6.45, 7) is 9.38. The summed E-state index contributed by atoms with van der Waals surface area (Å²) >= 11 is 0. The van der Waals surface area contributed by atoms with Crippen LogP contribution in [0.25, 0.3) is 0 Å². The molecule has 0 bridgehead atoms. The molecule has 1 saturated heterocycles. The maximum absolute atomic E-state index is 5.28. The van der Waals surface area contributed by atoms with E-state index in [0.29, 0.717) is 11.3 Å². The number of nitrogens with zero attached hydrogens (tertiary/aromatic N) is 3. The molecule has 0 radical (unpaired) electrons. The molecule has 2 heterocycles. The van der Waals surface area contributed by atoms with Gasteiger partial charge in [0.25, 0.3) is 0 Å². The third kappa shape index (κ3) is 3.67. The fourth-order valence-corrected chi connectivity index (χ4v) is 4.07. The largest absolute Gasteiger partial charge is 0.361 e. The van der Waals surface area contributed by atoms with E-state index in [0.717, 1.165) is 30.5 Å². The van der Waals surface area contributed by atoms with Crippen LogP contribution in [0.3, 0.4) is 0 Å². The summed E-state index contributed by atoms with van der Waals surface area (Å²) in [4.78, 5) is 6.91. The molecule has 6 heteroatoms. The maximum atomic E-state index is 5.28. The Hall–Kier alpha value is -0.790. The summed E-state index contributed by atoms with van der Waals surface area (Å²) in [5, 5.41) is 7.60. The van der Waals surface area contributed by atoms with Gasteiger partial charge in [-0.2, -0.15) is 0 Å². The molecule has 5 nitrogen and oxygen atoms in total. The molecular formula is C17H29IN4O. The number of rotatable bonds is 3. The number of aliphatic imine (C=N–C) groups is 1. The lowest BCUT2D eigenvalue weighted by molar-refractivity contribution is 0.151. The Morgan fingerprint density at radius 1 is 1.39 bits per heavy atom. The summed E-state index contributed by atoms with van der Waals surface area (Å²) in [6, 6.07) is 0. The second kappa shape index (κ2) is 7.40. The standard InChI is InChI=1S/C17H28N4O.HI/c1-12(15-13(2)20-22-14(15)3)10-19-16(18-4)21-9-8-17(11-21)6-5-7-17;/h12H,5-11H2,1-4H3,(H,18,19);1H. The van der Waals surface area contributed by atoms with Gasteiger partial charge >= 0.3 is 0 Å². The van der Waals surface area contributed by atoms with Crippen molar-refractivity contribution in [2.24, 2.45) is 10.4 Å². The SMILES string of the molecule is CN=C(NCC(C)c1c(C)noc1C)N1CCC2(CCC2)C1.I. The highest BCUT2D eigenvalue weighted by Gasteiger charge is 2.43. The first-order valence-electron chi connectivity index (χ1n) is 8.43. The highest BCUT2D eigenvalue weighted by atomic mass is 127. The lowest BCUT2D eigenvalue weighted by Gasteiger charge is -2.38. The molecule has 2 aliphatic rings. The first-order valence-corrected chi connectivity index (χ1v) is 8.43. The van der Waals surface area contributed by atoms with Crippen molar-refractivity contribution in [3.05, 3.63) is 17.0 Å². The third-order valence-corrected chi connectivity index (χ3v) is 5.51. The van der Waals surface area contributed by atoms with E-state index in [9.17, 15) is 0 Å². The van der Waals surface area contributed by atoms with Crippen molar-refractivity contribution < 1.29 is 4.52 Å². The van der Waals surface area contributed by atoms with Crippen molar-refractivity contribution in [2.45, 2.75) is 52.4 Å². The summed E-state index contributed by atoms with van der Waals surface area (Å²) < 4.78 is 5.28. The second-order valence-electron chi connectivity index (χ2n) is 7.09. The minimum Gasteiger partial charge on any atom is -0.361 e. The second-order valence-corrected chi connectivity index (χ2v) is 7.09. The molecule has 130 valence electrons. The minimum absolute atomic E-state index is 0. The van der Waals surface area contributed by atoms with Gasteiger partial charge in [0, 0.05) is 38.2 Å². The Labute approximate surface area is 156 Å². The zero-order chi connectivity index (χ0) is 15.7. The van der Waals surface area contributed by atoms with Crippen LogP contribution in [0.15, 0.2) is 9.52 Å². The fraction of sp³-hybridized carbons (Fsp3) is 0.765. The topological polar surface area (TPSA) is 53.7 Å². The van der Waals surface area contributed by atoms with Crippen LogP contribution in [0.2, 0.25) is 0 Å². The lowest BCUT2D eigenvalue weighted by Crippen LogP contribution is -2.43. The van der Waals surface area contributed by atoms with Gasteiger partial charge in [-0.25, -0.2) is 0 Å². The van der Waals surface area contributed by atoms with Gasteiger partial charge in [-0.1, -0.05) is 18.5 Å².